The average molecular weight is 600 g/mol. The van der Waals surface area contributed by atoms with E-state index in [9.17, 15) is 0 Å². The monoisotopic (exact) mass is 599 g/mol. The van der Waals surface area contributed by atoms with E-state index in [0.29, 0.717) is 0 Å². The molecule has 9 aromatic rings. The topological polar surface area (TPSA) is 29.0 Å². The summed E-state index contributed by atoms with van der Waals surface area (Å²) in [4.78, 5) is 11.9. The van der Waals surface area contributed by atoms with Crippen LogP contribution in [-0.2, 0) is 0 Å². The Labute approximate surface area is 273 Å². The number of pyridine rings is 2. The van der Waals surface area contributed by atoms with E-state index in [2.05, 4.69) is 150 Å². The minimum atomic E-state index is 0.872. The third-order valence-electron chi connectivity index (χ3n) is 9.13. The normalized spacial score (nSPS) is 11.4. The molecule has 0 radical (unpaired) electrons. The Bertz CT molecular complexity index is 2500. The standard InChI is InChI=1S/C44H29N3/c1-2-14-33-31(13-1)29-41(35-16-4-3-15-34(33)35)47(42-22-10-12-28-46-42)32-25-23-30(24-26-32)43-36-17-5-7-19-38(36)44(40-21-9-11-27-45-40)39-20-8-6-18-37(39)43/h1-29H. The minimum Gasteiger partial charge on any atom is -0.294 e. The Balaban J connectivity index is 1.26. The number of aromatic nitrogens is 2. The quantitative estimate of drug-likeness (QED) is 0.146. The third kappa shape index (κ3) is 4.52. The van der Waals surface area contributed by atoms with Crippen molar-refractivity contribution in [2.45, 2.75) is 0 Å². The summed E-state index contributed by atoms with van der Waals surface area (Å²) in [6, 6.07) is 58.2. The van der Waals surface area contributed by atoms with E-state index in [4.69, 9.17) is 9.97 Å². The maximum atomic E-state index is 4.84. The summed E-state index contributed by atoms with van der Waals surface area (Å²) in [5.41, 5.74) is 6.69. The molecule has 47 heavy (non-hydrogen) atoms. The fourth-order valence-corrected chi connectivity index (χ4v) is 7.10. The first-order valence-corrected chi connectivity index (χ1v) is 15.9. The molecule has 0 saturated carbocycles. The van der Waals surface area contributed by atoms with Gasteiger partial charge in [-0.05, 0) is 91.3 Å². The number of benzene rings is 7. The molecule has 0 amide bonds. The third-order valence-corrected chi connectivity index (χ3v) is 9.13. The SMILES string of the molecule is c1ccc(-c2c3ccccc3c(-c3ccc(N(c4ccccn4)c4cc5ccccc5c5ccccc45)cc3)c3ccccc23)nc1. The average Bonchev–Trinajstić information content (AvgIpc) is 3.15. The van der Waals surface area contributed by atoms with Crippen molar-refractivity contribution in [3.05, 3.63) is 176 Å². The van der Waals surface area contributed by atoms with E-state index in [1.807, 2.05) is 30.6 Å². The molecule has 3 heteroatoms. The number of hydrogen-bond donors (Lipinski definition) is 0. The van der Waals surface area contributed by atoms with Gasteiger partial charge in [0.25, 0.3) is 0 Å². The number of rotatable bonds is 5. The Kier molecular flexibility index (Phi) is 6.46. The molecule has 9 rings (SSSR count). The molecule has 0 unspecified atom stereocenters. The van der Waals surface area contributed by atoms with Gasteiger partial charge >= 0.3 is 0 Å². The molecule has 0 saturated heterocycles. The van der Waals surface area contributed by atoms with Crippen LogP contribution in [-0.4, -0.2) is 9.97 Å². The summed E-state index contributed by atoms with van der Waals surface area (Å²) < 4.78 is 0. The summed E-state index contributed by atoms with van der Waals surface area (Å²) in [6.45, 7) is 0. The highest BCUT2D eigenvalue weighted by molar-refractivity contribution is 6.21. The van der Waals surface area contributed by atoms with Crippen molar-refractivity contribution < 1.29 is 0 Å². The highest BCUT2D eigenvalue weighted by Gasteiger charge is 2.20. The van der Waals surface area contributed by atoms with Crippen molar-refractivity contribution >= 4 is 60.3 Å². The van der Waals surface area contributed by atoms with E-state index in [1.54, 1.807) is 0 Å². The van der Waals surface area contributed by atoms with Crippen molar-refractivity contribution in [3.8, 4) is 22.4 Å². The van der Waals surface area contributed by atoms with E-state index in [1.165, 1.54) is 54.2 Å². The zero-order chi connectivity index (χ0) is 31.2. The zero-order valence-corrected chi connectivity index (χ0v) is 25.6. The van der Waals surface area contributed by atoms with Gasteiger partial charge in [0.1, 0.15) is 5.82 Å². The molecule has 0 atom stereocenters. The number of fused-ring (bicyclic) bond motifs is 5. The van der Waals surface area contributed by atoms with Crippen LogP contribution in [0.15, 0.2) is 176 Å². The Morgan fingerprint density at radius 2 is 0.915 bits per heavy atom. The van der Waals surface area contributed by atoms with Gasteiger partial charge in [-0.2, -0.15) is 0 Å². The molecule has 0 N–H and O–H groups in total. The van der Waals surface area contributed by atoms with Crippen LogP contribution in [0.25, 0.3) is 65.5 Å². The highest BCUT2D eigenvalue weighted by atomic mass is 15.2. The predicted molar refractivity (Wildman–Crippen MR) is 198 cm³/mol. The molecule has 3 nitrogen and oxygen atoms in total. The van der Waals surface area contributed by atoms with Gasteiger partial charge in [0.05, 0.1) is 11.4 Å². The summed E-state index contributed by atoms with van der Waals surface area (Å²) >= 11 is 0. The fourth-order valence-electron chi connectivity index (χ4n) is 7.10. The number of hydrogen-bond acceptors (Lipinski definition) is 3. The summed E-state index contributed by atoms with van der Waals surface area (Å²) in [5, 5.41) is 9.67. The van der Waals surface area contributed by atoms with Crippen molar-refractivity contribution in [2.24, 2.45) is 0 Å². The maximum Gasteiger partial charge on any atom is 0.137 e. The van der Waals surface area contributed by atoms with Gasteiger partial charge in [-0.1, -0.05) is 121 Å². The molecule has 7 aromatic carbocycles. The van der Waals surface area contributed by atoms with E-state index in [0.717, 1.165) is 28.5 Å². The second kappa shape index (κ2) is 11.2. The van der Waals surface area contributed by atoms with Crippen LogP contribution in [0.3, 0.4) is 0 Å². The first-order chi connectivity index (χ1) is 23.3. The Morgan fingerprint density at radius 3 is 1.53 bits per heavy atom. The molecule has 0 aliphatic rings. The lowest BCUT2D eigenvalue weighted by atomic mass is 9.87. The summed E-state index contributed by atoms with van der Waals surface area (Å²) in [7, 11) is 0. The summed E-state index contributed by atoms with van der Waals surface area (Å²) in [5.74, 6) is 0.872. The maximum absolute atomic E-state index is 4.84. The van der Waals surface area contributed by atoms with Gasteiger partial charge in [0.2, 0.25) is 0 Å². The van der Waals surface area contributed by atoms with Crippen molar-refractivity contribution in [1.82, 2.24) is 9.97 Å². The van der Waals surface area contributed by atoms with Crippen LogP contribution in [0.1, 0.15) is 0 Å². The molecule has 0 bridgehead atoms. The van der Waals surface area contributed by atoms with Crippen molar-refractivity contribution in [3.63, 3.8) is 0 Å². The second-order valence-corrected chi connectivity index (χ2v) is 11.8. The van der Waals surface area contributed by atoms with E-state index < -0.39 is 0 Å². The van der Waals surface area contributed by atoms with Gasteiger partial charge in [-0.25, -0.2) is 4.98 Å². The smallest absolute Gasteiger partial charge is 0.137 e. The molecular weight excluding hydrogens is 571 g/mol. The predicted octanol–water partition coefficient (Wildman–Crippen LogP) is 11.9. The summed E-state index contributed by atoms with van der Waals surface area (Å²) in [6.07, 6.45) is 3.74. The molecule has 2 aromatic heterocycles. The van der Waals surface area contributed by atoms with Crippen LogP contribution in [0.4, 0.5) is 17.2 Å². The first-order valence-electron chi connectivity index (χ1n) is 15.9. The molecule has 0 aliphatic carbocycles. The highest BCUT2D eigenvalue weighted by Crippen LogP contribution is 2.45. The van der Waals surface area contributed by atoms with E-state index >= 15 is 0 Å². The van der Waals surface area contributed by atoms with Gasteiger partial charge in [0.15, 0.2) is 0 Å². The Hall–Kier alpha value is -6.32. The van der Waals surface area contributed by atoms with Gasteiger partial charge < -0.3 is 0 Å². The van der Waals surface area contributed by atoms with Crippen LogP contribution < -0.4 is 4.90 Å². The van der Waals surface area contributed by atoms with Crippen molar-refractivity contribution in [2.75, 3.05) is 4.90 Å². The lowest BCUT2D eigenvalue weighted by molar-refractivity contribution is 1.19. The van der Waals surface area contributed by atoms with Gasteiger partial charge in [-0.15, -0.1) is 0 Å². The molecule has 0 aliphatic heterocycles. The molecule has 220 valence electrons. The molecular formula is C44H29N3. The van der Waals surface area contributed by atoms with Gasteiger partial charge in [-0.3, -0.25) is 9.88 Å². The van der Waals surface area contributed by atoms with Crippen LogP contribution in [0, 0.1) is 0 Å². The second-order valence-electron chi connectivity index (χ2n) is 11.8. The van der Waals surface area contributed by atoms with Crippen LogP contribution in [0.5, 0.6) is 0 Å². The van der Waals surface area contributed by atoms with Gasteiger partial charge in [0, 0.05) is 29.0 Å². The number of anilines is 3. The lowest BCUT2D eigenvalue weighted by Gasteiger charge is -2.26. The van der Waals surface area contributed by atoms with Crippen LogP contribution >= 0.6 is 0 Å². The Morgan fingerprint density at radius 1 is 0.383 bits per heavy atom. The molecule has 0 fully saturated rings. The first kappa shape index (κ1) is 27.0. The van der Waals surface area contributed by atoms with Crippen molar-refractivity contribution in [1.29, 1.82) is 0 Å². The fraction of sp³-hybridized carbons (Fsp3) is 0. The van der Waals surface area contributed by atoms with Crippen LogP contribution in [0.2, 0.25) is 0 Å². The zero-order valence-electron chi connectivity index (χ0n) is 25.6. The molecule has 0 spiro atoms. The lowest BCUT2D eigenvalue weighted by Crippen LogP contribution is -2.12. The number of nitrogens with zero attached hydrogens (tertiary/aromatic N) is 3. The largest absolute Gasteiger partial charge is 0.294 e. The minimum absolute atomic E-state index is 0.872. The molecule has 2 heterocycles. The van der Waals surface area contributed by atoms with E-state index in [-0.39, 0.29) is 0 Å².